The van der Waals surface area contributed by atoms with Gasteiger partial charge in [-0.15, -0.1) is 0 Å². The van der Waals surface area contributed by atoms with E-state index >= 15 is 0 Å². The molecule has 2 rings (SSSR count). The first-order valence-electron chi connectivity index (χ1n) is 9.91. The number of rotatable bonds is 7. The zero-order chi connectivity index (χ0) is 17.4. The topological polar surface area (TPSA) is 52.7 Å². The van der Waals surface area contributed by atoms with E-state index in [-0.39, 0.29) is 11.8 Å². The number of carbonyl (C=O) groups excluding carboxylic acids is 2. The molecule has 2 fully saturated rings. The van der Waals surface area contributed by atoms with E-state index in [0.717, 1.165) is 45.6 Å². The number of hydrogen-bond donors (Lipinski definition) is 1. The van der Waals surface area contributed by atoms with Gasteiger partial charge in [0.1, 0.15) is 0 Å². The summed E-state index contributed by atoms with van der Waals surface area (Å²) in [4.78, 5) is 28.7. The van der Waals surface area contributed by atoms with Gasteiger partial charge in [0.15, 0.2) is 0 Å². The minimum Gasteiger partial charge on any atom is -0.355 e. The third-order valence-corrected chi connectivity index (χ3v) is 5.69. The summed E-state index contributed by atoms with van der Waals surface area (Å²) >= 11 is 0. The van der Waals surface area contributed by atoms with Gasteiger partial charge in [-0.2, -0.15) is 0 Å². The van der Waals surface area contributed by atoms with Crippen molar-refractivity contribution in [3.8, 4) is 0 Å². The lowest BCUT2D eigenvalue weighted by atomic mass is 9.89. The maximum Gasteiger partial charge on any atom is 0.234 e. The molecule has 1 saturated carbocycles. The van der Waals surface area contributed by atoms with Crippen LogP contribution in [0.15, 0.2) is 0 Å². The van der Waals surface area contributed by atoms with Crippen LogP contribution in [0.25, 0.3) is 0 Å². The molecule has 24 heavy (non-hydrogen) atoms. The van der Waals surface area contributed by atoms with Crippen LogP contribution in [0.3, 0.4) is 0 Å². The highest BCUT2D eigenvalue weighted by atomic mass is 16.2. The van der Waals surface area contributed by atoms with Crippen molar-refractivity contribution in [2.75, 3.05) is 39.3 Å². The van der Waals surface area contributed by atoms with Gasteiger partial charge >= 0.3 is 0 Å². The van der Waals surface area contributed by atoms with Crippen molar-refractivity contribution in [1.82, 2.24) is 15.1 Å². The maximum absolute atomic E-state index is 12.4. The van der Waals surface area contributed by atoms with E-state index in [2.05, 4.69) is 10.2 Å². The summed E-state index contributed by atoms with van der Waals surface area (Å²) in [5.74, 6) is 1.27. The number of likely N-dealkylation sites (tertiary alicyclic amines) is 1. The Hall–Kier alpha value is -1.10. The first-order chi connectivity index (χ1) is 11.6. The molecule has 2 aliphatic rings. The van der Waals surface area contributed by atoms with Crippen LogP contribution in [0.2, 0.25) is 0 Å². The van der Waals surface area contributed by atoms with E-state index in [1.807, 2.05) is 18.7 Å². The Morgan fingerprint density at radius 1 is 1.00 bits per heavy atom. The lowest BCUT2D eigenvalue weighted by molar-refractivity contribution is -0.136. The molecule has 0 aromatic rings. The van der Waals surface area contributed by atoms with E-state index < -0.39 is 0 Å². The largest absolute Gasteiger partial charge is 0.355 e. The highest BCUT2D eigenvalue weighted by molar-refractivity contribution is 5.79. The fraction of sp³-hybridized carbons (Fsp3) is 0.895. The molecule has 1 aliphatic carbocycles. The Labute approximate surface area is 147 Å². The third kappa shape index (κ3) is 5.76. The molecule has 1 N–H and O–H groups in total. The van der Waals surface area contributed by atoms with Crippen molar-refractivity contribution in [2.45, 2.75) is 58.8 Å². The van der Waals surface area contributed by atoms with Crippen molar-refractivity contribution in [1.29, 1.82) is 0 Å². The summed E-state index contributed by atoms with van der Waals surface area (Å²) in [6.45, 7) is 8.69. The van der Waals surface area contributed by atoms with Crippen LogP contribution < -0.4 is 5.32 Å². The van der Waals surface area contributed by atoms with Gasteiger partial charge in [0, 0.05) is 25.6 Å². The highest BCUT2D eigenvalue weighted by Crippen LogP contribution is 2.23. The molecule has 138 valence electrons. The molecule has 1 saturated heterocycles. The third-order valence-electron chi connectivity index (χ3n) is 5.69. The summed E-state index contributed by atoms with van der Waals surface area (Å²) in [6, 6.07) is 0. The van der Waals surface area contributed by atoms with Crippen LogP contribution in [0, 0.1) is 11.8 Å². The fourth-order valence-electron chi connectivity index (χ4n) is 4.04. The fourth-order valence-corrected chi connectivity index (χ4v) is 4.04. The van der Waals surface area contributed by atoms with Crippen LogP contribution in [-0.2, 0) is 9.59 Å². The molecule has 0 aromatic heterocycles. The summed E-state index contributed by atoms with van der Waals surface area (Å²) < 4.78 is 0. The predicted octanol–water partition coefficient (Wildman–Crippen LogP) is 2.26. The van der Waals surface area contributed by atoms with Gasteiger partial charge < -0.3 is 10.2 Å². The van der Waals surface area contributed by atoms with Crippen LogP contribution in [0.1, 0.15) is 58.8 Å². The normalized spacial score (nSPS) is 20.8. The van der Waals surface area contributed by atoms with E-state index in [1.54, 1.807) is 0 Å². The highest BCUT2D eigenvalue weighted by Gasteiger charge is 2.28. The molecular formula is C19H35N3O2. The summed E-state index contributed by atoms with van der Waals surface area (Å²) in [6.07, 6.45) is 8.27. The average molecular weight is 338 g/mol. The average Bonchev–Trinajstić information content (AvgIpc) is 2.62. The van der Waals surface area contributed by atoms with Crippen LogP contribution in [0.5, 0.6) is 0 Å². The summed E-state index contributed by atoms with van der Waals surface area (Å²) in [5, 5.41) is 3.11. The predicted molar refractivity (Wildman–Crippen MR) is 96.7 cm³/mol. The summed E-state index contributed by atoms with van der Waals surface area (Å²) in [7, 11) is 0. The Morgan fingerprint density at radius 2 is 1.62 bits per heavy atom. The summed E-state index contributed by atoms with van der Waals surface area (Å²) in [5.41, 5.74) is 0. The molecule has 1 aliphatic heterocycles. The minimum absolute atomic E-state index is 0.145. The van der Waals surface area contributed by atoms with Crippen molar-refractivity contribution < 1.29 is 9.59 Å². The molecule has 0 atom stereocenters. The van der Waals surface area contributed by atoms with Gasteiger partial charge in [-0.3, -0.25) is 14.5 Å². The zero-order valence-electron chi connectivity index (χ0n) is 15.6. The van der Waals surface area contributed by atoms with Crippen LogP contribution in [-0.4, -0.2) is 60.9 Å². The van der Waals surface area contributed by atoms with Crippen molar-refractivity contribution in [2.24, 2.45) is 11.8 Å². The zero-order valence-corrected chi connectivity index (χ0v) is 15.6. The van der Waals surface area contributed by atoms with E-state index in [1.165, 1.54) is 32.1 Å². The Balaban J connectivity index is 1.65. The molecule has 0 spiro atoms. The Kier molecular flexibility index (Phi) is 8.03. The molecule has 5 heteroatoms. The Morgan fingerprint density at radius 3 is 2.21 bits per heavy atom. The standard InChI is InChI=1S/C19H35N3O2/c1-3-22(4-2)19(24)17-10-12-21(13-11-17)15-18(23)20-14-16-8-6-5-7-9-16/h16-17H,3-15H2,1-2H3,(H,20,23). The number of nitrogens with zero attached hydrogens (tertiary/aromatic N) is 2. The number of carbonyl (C=O) groups is 2. The molecule has 0 unspecified atom stereocenters. The van der Waals surface area contributed by atoms with Gasteiger partial charge in [0.2, 0.25) is 11.8 Å². The van der Waals surface area contributed by atoms with Gasteiger partial charge in [0.05, 0.1) is 6.54 Å². The number of piperidine rings is 1. The van der Waals surface area contributed by atoms with Crippen molar-refractivity contribution in [3.05, 3.63) is 0 Å². The quantitative estimate of drug-likeness (QED) is 0.775. The van der Waals surface area contributed by atoms with Gasteiger partial charge in [-0.05, 0) is 58.5 Å². The van der Waals surface area contributed by atoms with Gasteiger partial charge in [0.25, 0.3) is 0 Å². The lowest BCUT2D eigenvalue weighted by Gasteiger charge is -2.33. The molecule has 0 radical (unpaired) electrons. The smallest absolute Gasteiger partial charge is 0.234 e. The second kappa shape index (κ2) is 10.0. The van der Waals surface area contributed by atoms with E-state index in [0.29, 0.717) is 18.4 Å². The lowest BCUT2D eigenvalue weighted by Crippen LogP contribution is -2.46. The second-order valence-corrected chi connectivity index (χ2v) is 7.37. The SMILES string of the molecule is CCN(CC)C(=O)C1CCN(CC(=O)NCC2CCCCC2)CC1. The molecule has 1 heterocycles. The van der Waals surface area contributed by atoms with E-state index in [4.69, 9.17) is 0 Å². The van der Waals surface area contributed by atoms with Crippen LogP contribution in [0.4, 0.5) is 0 Å². The number of amides is 2. The monoisotopic (exact) mass is 337 g/mol. The number of nitrogens with one attached hydrogen (secondary N) is 1. The van der Waals surface area contributed by atoms with Gasteiger partial charge in [-0.25, -0.2) is 0 Å². The molecule has 5 nitrogen and oxygen atoms in total. The molecule has 0 aromatic carbocycles. The first kappa shape index (κ1) is 19.2. The second-order valence-electron chi connectivity index (χ2n) is 7.37. The van der Waals surface area contributed by atoms with E-state index in [9.17, 15) is 9.59 Å². The molecule has 2 amide bonds. The van der Waals surface area contributed by atoms with Crippen molar-refractivity contribution >= 4 is 11.8 Å². The maximum atomic E-state index is 12.4. The first-order valence-corrected chi connectivity index (χ1v) is 9.91. The minimum atomic E-state index is 0.145. The molecule has 0 bridgehead atoms. The Bertz CT molecular complexity index is 395. The number of hydrogen-bond acceptors (Lipinski definition) is 3. The molecular weight excluding hydrogens is 302 g/mol. The van der Waals surface area contributed by atoms with Crippen LogP contribution >= 0.6 is 0 Å². The van der Waals surface area contributed by atoms with Crippen molar-refractivity contribution in [3.63, 3.8) is 0 Å². The van der Waals surface area contributed by atoms with Gasteiger partial charge in [-0.1, -0.05) is 19.3 Å².